The second-order valence-corrected chi connectivity index (χ2v) is 3.87. The van der Waals surface area contributed by atoms with Crippen LogP contribution in [0.3, 0.4) is 0 Å². The Morgan fingerprint density at radius 3 is 1.94 bits per heavy atom. The van der Waals surface area contributed by atoms with Crippen molar-refractivity contribution in [3.8, 4) is 0 Å². The first-order chi connectivity index (χ1) is 7.49. The Kier molecular flexibility index (Phi) is 4.10. The van der Waals surface area contributed by atoms with Crippen molar-refractivity contribution in [3.63, 3.8) is 0 Å². The van der Waals surface area contributed by atoms with Crippen molar-refractivity contribution in [2.75, 3.05) is 13.1 Å². The number of rotatable bonds is 5. The summed E-state index contributed by atoms with van der Waals surface area (Å²) in [5.41, 5.74) is 9.94. The van der Waals surface area contributed by atoms with Crippen LogP contribution in [0.25, 0.3) is 0 Å². The highest BCUT2D eigenvalue weighted by Crippen LogP contribution is 2.18. The lowest BCUT2D eigenvalue weighted by molar-refractivity contribution is -0.120. The van der Waals surface area contributed by atoms with Gasteiger partial charge in [0.1, 0.15) is 13.1 Å². The van der Waals surface area contributed by atoms with Gasteiger partial charge >= 0.3 is 6.03 Å². The van der Waals surface area contributed by atoms with Crippen LogP contribution in [-0.4, -0.2) is 41.9 Å². The third kappa shape index (κ3) is 3.76. The van der Waals surface area contributed by atoms with E-state index in [2.05, 4.69) is 5.32 Å². The number of primary amides is 2. The zero-order valence-electron chi connectivity index (χ0n) is 8.94. The molecule has 0 bridgehead atoms. The van der Waals surface area contributed by atoms with E-state index >= 15 is 0 Å². The molecule has 1 aliphatic carbocycles. The molecule has 0 heterocycles. The second-order valence-electron chi connectivity index (χ2n) is 3.87. The Bertz CT molecular complexity index is 285. The number of nitrogens with zero attached hydrogens (tertiary/aromatic N) is 1. The molecule has 0 aromatic carbocycles. The third-order valence-electron chi connectivity index (χ3n) is 2.41. The number of nitrogens with two attached hydrogens (primary N) is 2. The smallest absolute Gasteiger partial charge is 0.318 e. The number of hydrogen-bond donors (Lipinski definition) is 3. The Morgan fingerprint density at radius 2 is 1.62 bits per heavy atom. The summed E-state index contributed by atoms with van der Waals surface area (Å²) in [5, 5.41) is 2.70. The van der Waals surface area contributed by atoms with Gasteiger partial charge in [-0.3, -0.25) is 9.59 Å². The molecule has 0 aromatic rings. The molecule has 0 unspecified atom stereocenters. The van der Waals surface area contributed by atoms with Crippen LogP contribution in [0.2, 0.25) is 0 Å². The summed E-state index contributed by atoms with van der Waals surface area (Å²) in [6, 6.07) is -0.335. The minimum Gasteiger partial charge on any atom is -0.368 e. The van der Waals surface area contributed by atoms with Crippen LogP contribution in [0.1, 0.15) is 19.3 Å². The predicted octanol–water partition coefficient (Wildman–Crippen LogP) is -1.48. The first kappa shape index (κ1) is 12.3. The topological polar surface area (TPSA) is 119 Å². The fourth-order valence-electron chi connectivity index (χ4n) is 1.39. The molecule has 0 radical (unpaired) electrons. The minimum absolute atomic E-state index is 0.135. The highest BCUT2D eigenvalue weighted by molar-refractivity contribution is 5.87. The van der Waals surface area contributed by atoms with E-state index < -0.39 is 17.8 Å². The molecule has 1 rings (SSSR count). The Morgan fingerprint density at radius 1 is 1.12 bits per heavy atom. The second kappa shape index (κ2) is 5.34. The quantitative estimate of drug-likeness (QED) is 0.532. The van der Waals surface area contributed by atoms with Gasteiger partial charge in [0.15, 0.2) is 0 Å². The number of carbonyl (C=O) groups excluding carboxylic acids is 3. The molecule has 4 amide bonds. The third-order valence-corrected chi connectivity index (χ3v) is 2.41. The molecule has 16 heavy (non-hydrogen) atoms. The molecular formula is C9H16N4O3. The Balaban J connectivity index is 2.48. The molecule has 1 aliphatic rings. The maximum Gasteiger partial charge on any atom is 0.318 e. The van der Waals surface area contributed by atoms with Crippen molar-refractivity contribution < 1.29 is 14.4 Å². The molecule has 1 saturated carbocycles. The van der Waals surface area contributed by atoms with Crippen LogP contribution in [0.4, 0.5) is 4.79 Å². The number of carbonyl (C=O) groups is 3. The number of urea groups is 1. The molecule has 90 valence electrons. The molecule has 0 atom stereocenters. The molecule has 0 aliphatic heterocycles. The average molecular weight is 228 g/mol. The maximum absolute atomic E-state index is 11.6. The minimum atomic E-state index is -0.676. The maximum atomic E-state index is 11.6. The van der Waals surface area contributed by atoms with Gasteiger partial charge in [0.05, 0.1) is 0 Å². The van der Waals surface area contributed by atoms with Gasteiger partial charge < -0.3 is 21.7 Å². The van der Waals surface area contributed by atoms with Crippen LogP contribution in [0.15, 0.2) is 0 Å². The van der Waals surface area contributed by atoms with E-state index in [1.54, 1.807) is 0 Å². The summed E-state index contributed by atoms with van der Waals surface area (Å²) in [6.45, 7) is -0.608. The Hall–Kier alpha value is -1.79. The molecule has 0 saturated heterocycles. The number of hydrogen-bond acceptors (Lipinski definition) is 3. The van der Waals surface area contributed by atoms with Gasteiger partial charge in [0.2, 0.25) is 11.8 Å². The zero-order valence-corrected chi connectivity index (χ0v) is 8.94. The van der Waals surface area contributed by atoms with E-state index in [0.29, 0.717) is 0 Å². The fourth-order valence-corrected chi connectivity index (χ4v) is 1.39. The largest absolute Gasteiger partial charge is 0.368 e. The Labute approximate surface area is 93.1 Å². The highest BCUT2D eigenvalue weighted by Gasteiger charge is 2.24. The van der Waals surface area contributed by atoms with Crippen LogP contribution in [-0.2, 0) is 9.59 Å². The van der Waals surface area contributed by atoms with Crippen molar-refractivity contribution in [2.24, 2.45) is 11.5 Å². The summed E-state index contributed by atoms with van der Waals surface area (Å²) in [7, 11) is 0. The molecule has 1 fully saturated rings. The van der Waals surface area contributed by atoms with E-state index in [0.717, 1.165) is 24.2 Å². The van der Waals surface area contributed by atoms with Crippen LogP contribution in [0, 0.1) is 0 Å². The van der Waals surface area contributed by atoms with E-state index in [1.165, 1.54) is 0 Å². The molecule has 0 spiro atoms. The number of nitrogens with one attached hydrogen (secondary N) is 1. The van der Waals surface area contributed by atoms with Gasteiger partial charge in [0, 0.05) is 6.04 Å². The molecule has 0 aromatic heterocycles. The predicted molar refractivity (Wildman–Crippen MR) is 56.1 cm³/mol. The van der Waals surface area contributed by atoms with Crippen molar-refractivity contribution in [2.45, 2.75) is 25.3 Å². The van der Waals surface area contributed by atoms with E-state index in [4.69, 9.17) is 11.5 Å². The van der Waals surface area contributed by atoms with E-state index in [-0.39, 0.29) is 19.1 Å². The van der Waals surface area contributed by atoms with E-state index in [1.807, 2.05) is 0 Å². The van der Waals surface area contributed by atoms with Crippen LogP contribution >= 0.6 is 0 Å². The van der Waals surface area contributed by atoms with Gasteiger partial charge in [-0.1, -0.05) is 0 Å². The fraction of sp³-hybridized carbons (Fsp3) is 0.667. The lowest BCUT2D eigenvalue weighted by Crippen LogP contribution is -2.51. The lowest BCUT2D eigenvalue weighted by atomic mass is 9.93. The van der Waals surface area contributed by atoms with Crippen LogP contribution in [0.5, 0.6) is 0 Å². The van der Waals surface area contributed by atoms with Gasteiger partial charge in [-0.05, 0) is 19.3 Å². The number of amides is 4. The molecule has 7 nitrogen and oxygen atoms in total. The highest BCUT2D eigenvalue weighted by atomic mass is 16.2. The van der Waals surface area contributed by atoms with Crippen molar-refractivity contribution in [3.05, 3.63) is 0 Å². The van der Waals surface area contributed by atoms with Crippen molar-refractivity contribution in [1.29, 1.82) is 0 Å². The summed E-state index contributed by atoms with van der Waals surface area (Å²) in [6.07, 6.45) is 2.93. The summed E-state index contributed by atoms with van der Waals surface area (Å²) in [4.78, 5) is 34.1. The van der Waals surface area contributed by atoms with Gasteiger partial charge in [0.25, 0.3) is 0 Å². The van der Waals surface area contributed by atoms with Gasteiger partial charge in [-0.25, -0.2) is 4.79 Å². The summed E-state index contributed by atoms with van der Waals surface area (Å²) >= 11 is 0. The van der Waals surface area contributed by atoms with Crippen LogP contribution < -0.4 is 16.8 Å². The van der Waals surface area contributed by atoms with Gasteiger partial charge in [-0.15, -0.1) is 0 Å². The molecular weight excluding hydrogens is 212 g/mol. The van der Waals surface area contributed by atoms with Crippen molar-refractivity contribution >= 4 is 17.8 Å². The average Bonchev–Trinajstić information content (AvgIpc) is 2.08. The summed E-state index contributed by atoms with van der Waals surface area (Å²) < 4.78 is 0. The first-order valence-corrected chi connectivity index (χ1v) is 5.11. The van der Waals surface area contributed by atoms with E-state index in [9.17, 15) is 14.4 Å². The first-order valence-electron chi connectivity index (χ1n) is 5.11. The normalized spacial score (nSPS) is 15.0. The molecule has 5 N–H and O–H groups in total. The lowest BCUT2D eigenvalue weighted by Gasteiger charge is -2.29. The van der Waals surface area contributed by atoms with Gasteiger partial charge in [-0.2, -0.15) is 0 Å². The molecule has 7 heteroatoms. The SMILES string of the molecule is NC(=O)CN(CC(N)=O)C(=O)NC1CCC1. The monoisotopic (exact) mass is 228 g/mol. The zero-order chi connectivity index (χ0) is 12.1. The summed E-state index contributed by atoms with van der Waals surface area (Å²) in [5.74, 6) is -1.35. The van der Waals surface area contributed by atoms with Crippen molar-refractivity contribution in [1.82, 2.24) is 10.2 Å². The standard InChI is InChI=1S/C9H16N4O3/c10-7(14)4-13(5-8(11)15)9(16)12-6-2-1-3-6/h6H,1-5H2,(H2,10,14)(H2,11,15)(H,12,16).